The molecule has 12 heteroatoms. The third kappa shape index (κ3) is 6.45. The van der Waals surface area contributed by atoms with E-state index in [-0.39, 0.29) is 21.7 Å². The number of nitrogens with two attached hydrogens (primary N) is 1. The van der Waals surface area contributed by atoms with Gasteiger partial charge in [-0.3, -0.25) is 4.79 Å². The van der Waals surface area contributed by atoms with Crippen molar-refractivity contribution in [1.82, 2.24) is 5.01 Å². The van der Waals surface area contributed by atoms with Gasteiger partial charge in [0.1, 0.15) is 11.9 Å². The lowest BCUT2D eigenvalue weighted by atomic mass is 10.0. The quantitative estimate of drug-likeness (QED) is 0.302. The highest BCUT2D eigenvalue weighted by molar-refractivity contribution is 7.89. The summed E-state index contributed by atoms with van der Waals surface area (Å²) in [5, 5.41) is 15.7. The number of hydrogen-bond donors (Lipinski definition) is 3. The Hall–Kier alpha value is -3.80. The molecule has 0 aliphatic rings. The SMILES string of the molecule is C/C=N\N(C(=O)Nc1ccc(Cl)cc1)C(C)C(=O)Nc1ccc(-c2ccccc2S(N)(=O)=O)cc1F. The zero-order valence-corrected chi connectivity index (χ0v) is 20.8. The van der Waals surface area contributed by atoms with Crippen LogP contribution in [0.15, 0.2) is 76.7 Å². The van der Waals surface area contributed by atoms with Gasteiger partial charge >= 0.3 is 6.03 Å². The molecule has 36 heavy (non-hydrogen) atoms. The van der Waals surface area contributed by atoms with Gasteiger partial charge < -0.3 is 10.6 Å². The van der Waals surface area contributed by atoms with E-state index in [0.29, 0.717) is 10.7 Å². The minimum atomic E-state index is -4.04. The standard InChI is InChI=1S/C24H23ClFN5O4S/c1-3-28-31(24(33)29-18-11-9-17(25)10-12-18)15(2)23(32)30-21-13-8-16(14-20(21)26)19-6-4-5-7-22(19)36(27,34)35/h3-15H,1-2H3,(H,29,33)(H,30,32)(H2,27,34,35)/b28-3-. The fourth-order valence-corrected chi connectivity index (χ4v) is 4.14. The van der Waals surface area contributed by atoms with Crippen LogP contribution in [0.2, 0.25) is 5.02 Å². The van der Waals surface area contributed by atoms with Crippen LogP contribution in [0.3, 0.4) is 0 Å². The van der Waals surface area contributed by atoms with E-state index in [1.165, 1.54) is 43.5 Å². The van der Waals surface area contributed by atoms with Gasteiger partial charge in [-0.1, -0.05) is 35.9 Å². The average molecular weight is 532 g/mol. The Morgan fingerprint density at radius 2 is 1.75 bits per heavy atom. The van der Waals surface area contributed by atoms with E-state index < -0.39 is 33.8 Å². The molecule has 0 radical (unpaired) electrons. The molecule has 1 unspecified atom stereocenters. The largest absolute Gasteiger partial charge is 0.342 e. The van der Waals surface area contributed by atoms with Crippen molar-refractivity contribution in [3.63, 3.8) is 0 Å². The number of hydrogen-bond acceptors (Lipinski definition) is 5. The number of halogens is 2. The summed E-state index contributed by atoms with van der Waals surface area (Å²) >= 11 is 5.85. The molecule has 0 aliphatic carbocycles. The molecule has 1 atom stereocenters. The van der Waals surface area contributed by atoms with Crippen molar-refractivity contribution in [1.29, 1.82) is 0 Å². The topological polar surface area (TPSA) is 134 Å². The van der Waals surface area contributed by atoms with Crippen LogP contribution in [0.1, 0.15) is 13.8 Å². The maximum Gasteiger partial charge on any atom is 0.342 e. The highest BCUT2D eigenvalue weighted by Gasteiger charge is 2.27. The van der Waals surface area contributed by atoms with Crippen LogP contribution in [0.5, 0.6) is 0 Å². The van der Waals surface area contributed by atoms with Crippen LogP contribution >= 0.6 is 11.6 Å². The Kier molecular flexibility index (Phi) is 8.41. The van der Waals surface area contributed by atoms with Gasteiger partial charge in [-0.2, -0.15) is 5.10 Å². The summed E-state index contributed by atoms with van der Waals surface area (Å²) in [5.74, 6) is -1.52. The Bertz CT molecular complexity index is 1410. The zero-order chi connectivity index (χ0) is 26.5. The number of rotatable bonds is 7. The summed E-state index contributed by atoms with van der Waals surface area (Å²) in [5.41, 5.74) is 0.743. The number of anilines is 2. The number of nitrogens with zero attached hydrogens (tertiary/aromatic N) is 2. The minimum absolute atomic E-state index is 0.158. The molecule has 4 N–H and O–H groups in total. The molecular formula is C24H23ClFN5O4S. The number of hydrazone groups is 1. The molecule has 3 aromatic rings. The molecule has 0 aromatic heterocycles. The maximum atomic E-state index is 14.9. The van der Waals surface area contributed by atoms with Gasteiger partial charge in [-0.05, 0) is 61.9 Å². The minimum Gasteiger partial charge on any atom is -0.322 e. The van der Waals surface area contributed by atoms with Crippen molar-refractivity contribution in [2.45, 2.75) is 24.8 Å². The van der Waals surface area contributed by atoms with Crippen LogP contribution in [0.25, 0.3) is 11.1 Å². The molecular weight excluding hydrogens is 509 g/mol. The second-order valence-electron chi connectivity index (χ2n) is 7.56. The first-order valence-electron chi connectivity index (χ1n) is 10.6. The Morgan fingerprint density at radius 1 is 1.08 bits per heavy atom. The van der Waals surface area contributed by atoms with E-state index in [1.807, 2.05) is 0 Å². The second kappa shape index (κ2) is 11.3. The number of carbonyl (C=O) groups is 2. The average Bonchev–Trinajstić information content (AvgIpc) is 2.84. The van der Waals surface area contributed by atoms with E-state index in [0.717, 1.165) is 11.1 Å². The molecule has 0 bridgehead atoms. The molecule has 9 nitrogen and oxygen atoms in total. The highest BCUT2D eigenvalue weighted by Crippen LogP contribution is 2.29. The first kappa shape index (κ1) is 26.8. The first-order chi connectivity index (χ1) is 17.0. The normalized spacial score (nSPS) is 12.2. The summed E-state index contributed by atoms with van der Waals surface area (Å²) in [6.45, 7) is 3.00. The van der Waals surface area contributed by atoms with Crippen molar-refractivity contribution in [2.24, 2.45) is 10.2 Å². The van der Waals surface area contributed by atoms with Crippen LogP contribution in [0.4, 0.5) is 20.6 Å². The summed E-state index contributed by atoms with van der Waals surface area (Å²) in [4.78, 5) is 25.4. The summed E-state index contributed by atoms with van der Waals surface area (Å²) in [6, 6.07) is 14.3. The van der Waals surface area contributed by atoms with Crippen LogP contribution in [-0.2, 0) is 14.8 Å². The lowest BCUT2D eigenvalue weighted by molar-refractivity contribution is -0.119. The summed E-state index contributed by atoms with van der Waals surface area (Å²) in [6.07, 6.45) is 1.34. The van der Waals surface area contributed by atoms with Gasteiger partial charge in [0, 0.05) is 22.5 Å². The van der Waals surface area contributed by atoms with Crippen LogP contribution in [0, 0.1) is 5.82 Å². The van der Waals surface area contributed by atoms with Gasteiger partial charge in [0.25, 0.3) is 0 Å². The predicted octanol–water partition coefficient (Wildman–Crippen LogP) is 4.66. The Balaban J connectivity index is 1.79. The molecule has 188 valence electrons. The monoisotopic (exact) mass is 531 g/mol. The van der Waals surface area contributed by atoms with Crippen LogP contribution in [-0.4, -0.2) is 37.6 Å². The lowest BCUT2D eigenvalue weighted by Gasteiger charge is -2.24. The number of carbonyl (C=O) groups excluding carboxylic acids is 2. The third-order valence-electron chi connectivity index (χ3n) is 5.02. The van der Waals surface area contributed by atoms with Crippen molar-refractivity contribution in [3.8, 4) is 11.1 Å². The highest BCUT2D eigenvalue weighted by atomic mass is 35.5. The number of sulfonamides is 1. The smallest absolute Gasteiger partial charge is 0.322 e. The van der Waals surface area contributed by atoms with E-state index in [9.17, 15) is 22.4 Å². The van der Waals surface area contributed by atoms with Crippen molar-refractivity contribution < 1.29 is 22.4 Å². The van der Waals surface area contributed by atoms with Crippen molar-refractivity contribution in [2.75, 3.05) is 10.6 Å². The number of amides is 3. The molecule has 0 saturated carbocycles. The zero-order valence-electron chi connectivity index (χ0n) is 19.3. The van der Waals surface area contributed by atoms with Crippen molar-refractivity contribution >= 4 is 51.2 Å². The second-order valence-corrected chi connectivity index (χ2v) is 9.52. The fraction of sp³-hybridized carbons (Fsp3) is 0.125. The van der Waals surface area contributed by atoms with Gasteiger partial charge in [-0.15, -0.1) is 0 Å². The summed E-state index contributed by atoms with van der Waals surface area (Å²) < 4.78 is 38.6. The summed E-state index contributed by atoms with van der Waals surface area (Å²) in [7, 11) is -4.04. The fourth-order valence-electron chi connectivity index (χ4n) is 3.25. The van der Waals surface area contributed by atoms with E-state index in [1.54, 1.807) is 37.3 Å². The molecule has 0 spiro atoms. The van der Waals surface area contributed by atoms with Crippen LogP contribution < -0.4 is 15.8 Å². The predicted molar refractivity (Wildman–Crippen MR) is 138 cm³/mol. The number of nitrogens with one attached hydrogen (secondary N) is 2. The molecule has 0 fully saturated rings. The van der Waals surface area contributed by atoms with Gasteiger partial charge in [0.2, 0.25) is 15.9 Å². The molecule has 0 heterocycles. The van der Waals surface area contributed by atoms with E-state index >= 15 is 0 Å². The number of benzene rings is 3. The first-order valence-corrected chi connectivity index (χ1v) is 12.5. The molecule has 3 rings (SSSR count). The van der Waals surface area contributed by atoms with Gasteiger partial charge in [-0.25, -0.2) is 27.8 Å². The Morgan fingerprint density at radius 3 is 2.36 bits per heavy atom. The van der Waals surface area contributed by atoms with E-state index in [4.69, 9.17) is 16.7 Å². The van der Waals surface area contributed by atoms with Crippen molar-refractivity contribution in [3.05, 3.63) is 77.6 Å². The molecule has 3 amide bonds. The number of primary sulfonamides is 1. The van der Waals surface area contributed by atoms with Gasteiger partial charge in [0.15, 0.2) is 0 Å². The maximum absolute atomic E-state index is 14.9. The lowest BCUT2D eigenvalue weighted by Crippen LogP contribution is -2.44. The van der Waals surface area contributed by atoms with Gasteiger partial charge in [0.05, 0.1) is 10.6 Å². The van der Waals surface area contributed by atoms with E-state index in [2.05, 4.69) is 15.7 Å². The molecule has 0 aliphatic heterocycles. The number of urea groups is 1. The molecule has 3 aromatic carbocycles. The Labute approximate surface area is 212 Å². The molecule has 0 saturated heterocycles. The third-order valence-corrected chi connectivity index (χ3v) is 6.24.